The number of fused-ring (bicyclic) bond motifs is 1. The SMILES string of the molecule is COc1c(C(C)C)cc(C=C2C(=O)Nc3cc(C(F)(F)F)ccc32)cc1C(C)C. The Balaban J connectivity index is 2.13. The van der Waals surface area contributed by atoms with E-state index in [-0.39, 0.29) is 17.5 Å². The van der Waals surface area contributed by atoms with Gasteiger partial charge in [-0.2, -0.15) is 13.2 Å². The van der Waals surface area contributed by atoms with Crippen LogP contribution in [0.25, 0.3) is 11.6 Å². The van der Waals surface area contributed by atoms with Crippen molar-refractivity contribution in [2.24, 2.45) is 0 Å². The Kier molecular flexibility index (Phi) is 5.48. The molecule has 2 aromatic rings. The van der Waals surface area contributed by atoms with Crippen LogP contribution in [0.15, 0.2) is 30.3 Å². The van der Waals surface area contributed by atoms with Gasteiger partial charge in [0, 0.05) is 16.8 Å². The predicted octanol–water partition coefficient (Wildman–Crippen LogP) is 6.45. The molecular formula is C23H24F3NO2. The average Bonchev–Trinajstić information content (AvgIpc) is 2.94. The van der Waals surface area contributed by atoms with Crippen LogP contribution in [0.4, 0.5) is 18.9 Å². The first kappa shape index (κ1) is 21.0. The number of alkyl halides is 3. The quantitative estimate of drug-likeness (QED) is 0.596. The Labute approximate surface area is 168 Å². The summed E-state index contributed by atoms with van der Waals surface area (Å²) in [5.41, 5.74) is 3.08. The molecule has 1 aliphatic heterocycles. The first-order chi connectivity index (χ1) is 13.5. The summed E-state index contributed by atoms with van der Waals surface area (Å²) < 4.78 is 44.5. The number of methoxy groups -OCH3 is 1. The van der Waals surface area contributed by atoms with Crippen molar-refractivity contribution in [3.8, 4) is 5.75 Å². The molecular weight excluding hydrogens is 379 g/mol. The number of nitrogens with one attached hydrogen (secondary N) is 1. The van der Waals surface area contributed by atoms with Gasteiger partial charge in [0.25, 0.3) is 5.91 Å². The van der Waals surface area contributed by atoms with Gasteiger partial charge in [-0.15, -0.1) is 0 Å². The second kappa shape index (κ2) is 7.58. The molecule has 0 unspecified atom stereocenters. The van der Waals surface area contributed by atoms with Gasteiger partial charge < -0.3 is 10.1 Å². The van der Waals surface area contributed by atoms with E-state index in [0.29, 0.717) is 11.1 Å². The fourth-order valence-electron chi connectivity index (χ4n) is 3.56. The summed E-state index contributed by atoms with van der Waals surface area (Å²) in [6, 6.07) is 7.26. The zero-order valence-corrected chi connectivity index (χ0v) is 17.1. The van der Waals surface area contributed by atoms with E-state index in [1.165, 1.54) is 6.07 Å². The van der Waals surface area contributed by atoms with Crippen molar-refractivity contribution in [3.05, 3.63) is 58.1 Å². The predicted molar refractivity (Wildman–Crippen MR) is 109 cm³/mol. The third-order valence-electron chi connectivity index (χ3n) is 5.06. The Bertz CT molecular complexity index is 959. The molecule has 154 valence electrons. The highest BCUT2D eigenvalue weighted by atomic mass is 19.4. The highest BCUT2D eigenvalue weighted by molar-refractivity contribution is 6.35. The molecule has 0 aromatic heterocycles. The molecule has 6 heteroatoms. The fourth-order valence-corrected chi connectivity index (χ4v) is 3.56. The number of rotatable bonds is 4. The van der Waals surface area contributed by atoms with Gasteiger partial charge in [0.2, 0.25) is 0 Å². The lowest BCUT2D eigenvalue weighted by Gasteiger charge is -2.19. The normalized spacial score (nSPS) is 15.2. The van der Waals surface area contributed by atoms with Gasteiger partial charge in [0.15, 0.2) is 0 Å². The van der Waals surface area contributed by atoms with Crippen LogP contribution in [0.3, 0.4) is 0 Å². The van der Waals surface area contributed by atoms with Crippen molar-refractivity contribution < 1.29 is 22.7 Å². The second-order valence-electron chi connectivity index (χ2n) is 7.81. The minimum absolute atomic E-state index is 0.178. The molecule has 1 heterocycles. The highest BCUT2D eigenvalue weighted by Gasteiger charge is 2.33. The maximum Gasteiger partial charge on any atom is 0.416 e. The van der Waals surface area contributed by atoms with E-state index in [4.69, 9.17) is 4.74 Å². The summed E-state index contributed by atoms with van der Waals surface area (Å²) in [4.78, 5) is 12.5. The number of hydrogen-bond donors (Lipinski definition) is 1. The molecule has 0 saturated heterocycles. The summed E-state index contributed by atoms with van der Waals surface area (Å²) in [5.74, 6) is 0.843. The summed E-state index contributed by atoms with van der Waals surface area (Å²) in [7, 11) is 1.64. The molecule has 29 heavy (non-hydrogen) atoms. The number of carbonyl (C=O) groups excluding carboxylic acids is 1. The highest BCUT2D eigenvalue weighted by Crippen LogP contribution is 2.40. The van der Waals surface area contributed by atoms with Crippen molar-refractivity contribution >= 4 is 23.2 Å². The van der Waals surface area contributed by atoms with Gasteiger partial charge in [-0.25, -0.2) is 0 Å². The average molecular weight is 403 g/mol. The van der Waals surface area contributed by atoms with E-state index in [2.05, 4.69) is 33.0 Å². The van der Waals surface area contributed by atoms with Crippen LogP contribution in [0.2, 0.25) is 0 Å². The molecule has 1 aliphatic rings. The monoisotopic (exact) mass is 403 g/mol. The molecule has 2 aromatic carbocycles. The minimum atomic E-state index is -4.46. The summed E-state index contributed by atoms with van der Waals surface area (Å²) in [6.45, 7) is 8.26. The van der Waals surface area contributed by atoms with Crippen molar-refractivity contribution in [3.63, 3.8) is 0 Å². The van der Waals surface area contributed by atoms with Crippen LogP contribution in [0.1, 0.15) is 67.3 Å². The van der Waals surface area contributed by atoms with Crippen LogP contribution in [0, 0.1) is 0 Å². The molecule has 3 nitrogen and oxygen atoms in total. The van der Waals surface area contributed by atoms with Crippen molar-refractivity contribution in [2.45, 2.75) is 45.7 Å². The lowest BCUT2D eigenvalue weighted by molar-refractivity contribution is -0.137. The molecule has 0 fully saturated rings. The molecule has 0 aliphatic carbocycles. The Morgan fingerprint density at radius 2 is 1.59 bits per heavy atom. The van der Waals surface area contributed by atoms with Crippen LogP contribution in [-0.2, 0) is 11.0 Å². The largest absolute Gasteiger partial charge is 0.496 e. The topological polar surface area (TPSA) is 38.3 Å². The van der Waals surface area contributed by atoms with Crippen molar-refractivity contribution in [1.29, 1.82) is 0 Å². The number of hydrogen-bond acceptors (Lipinski definition) is 2. The van der Waals surface area contributed by atoms with Gasteiger partial charge in [0.05, 0.1) is 12.7 Å². The van der Waals surface area contributed by atoms with Crippen LogP contribution in [0.5, 0.6) is 5.75 Å². The minimum Gasteiger partial charge on any atom is -0.496 e. The van der Waals surface area contributed by atoms with E-state index in [9.17, 15) is 18.0 Å². The van der Waals surface area contributed by atoms with E-state index < -0.39 is 17.6 Å². The Morgan fingerprint density at radius 1 is 1.00 bits per heavy atom. The molecule has 0 atom stereocenters. The third kappa shape index (κ3) is 4.02. The zero-order chi connectivity index (χ0) is 21.5. The number of carbonyl (C=O) groups is 1. The summed E-state index contributed by atoms with van der Waals surface area (Å²) in [5, 5.41) is 2.55. The van der Waals surface area contributed by atoms with Crippen LogP contribution in [-0.4, -0.2) is 13.0 Å². The molecule has 1 N–H and O–H groups in total. The Morgan fingerprint density at radius 3 is 2.07 bits per heavy atom. The summed E-state index contributed by atoms with van der Waals surface area (Å²) >= 11 is 0. The van der Waals surface area contributed by atoms with Crippen molar-refractivity contribution in [1.82, 2.24) is 0 Å². The number of amides is 1. The summed E-state index contributed by atoms with van der Waals surface area (Å²) in [6.07, 6.45) is -2.73. The molecule has 3 rings (SSSR count). The van der Waals surface area contributed by atoms with Gasteiger partial charge in [-0.3, -0.25) is 4.79 Å². The maximum atomic E-state index is 13.0. The third-order valence-corrected chi connectivity index (χ3v) is 5.06. The standard InChI is InChI=1S/C23H24F3NO2/c1-12(2)17-8-14(9-18(13(3)4)21(17)29-5)10-19-16-7-6-15(23(24,25)26)11-20(16)27-22(19)28/h6-13H,1-5H3,(H,27,28). The van der Waals surface area contributed by atoms with Crippen LogP contribution < -0.4 is 10.1 Å². The second-order valence-corrected chi connectivity index (χ2v) is 7.81. The lowest BCUT2D eigenvalue weighted by Crippen LogP contribution is -2.06. The number of benzene rings is 2. The lowest BCUT2D eigenvalue weighted by atomic mass is 9.90. The zero-order valence-electron chi connectivity index (χ0n) is 17.1. The molecule has 0 saturated carbocycles. The fraction of sp³-hybridized carbons (Fsp3) is 0.348. The number of halogens is 3. The van der Waals surface area contributed by atoms with Crippen molar-refractivity contribution in [2.75, 3.05) is 12.4 Å². The van der Waals surface area contributed by atoms with Gasteiger partial charge in [-0.1, -0.05) is 33.8 Å². The van der Waals surface area contributed by atoms with E-state index in [1.807, 2.05) is 12.1 Å². The maximum absolute atomic E-state index is 13.0. The molecule has 0 bridgehead atoms. The van der Waals surface area contributed by atoms with Crippen LogP contribution >= 0.6 is 0 Å². The molecule has 0 spiro atoms. The number of anilines is 1. The first-order valence-corrected chi connectivity index (χ1v) is 9.49. The number of ether oxygens (including phenoxy) is 1. The molecule has 0 radical (unpaired) electrons. The first-order valence-electron chi connectivity index (χ1n) is 9.49. The van der Waals surface area contributed by atoms with Gasteiger partial charge in [-0.05, 0) is 58.9 Å². The van der Waals surface area contributed by atoms with E-state index in [1.54, 1.807) is 13.2 Å². The van der Waals surface area contributed by atoms with Gasteiger partial charge in [0.1, 0.15) is 5.75 Å². The smallest absolute Gasteiger partial charge is 0.416 e. The molecule has 1 amide bonds. The Hall–Kier alpha value is -2.76. The van der Waals surface area contributed by atoms with Gasteiger partial charge >= 0.3 is 6.18 Å². The van der Waals surface area contributed by atoms with E-state index in [0.717, 1.165) is 34.6 Å². The van der Waals surface area contributed by atoms with E-state index >= 15 is 0 Å².